The van der Waals surface area contributed by atoms with E-state index in [2.05, 4.69) is 0 Å². The number of benzene rings is 1. The van der Waals surface area contributed by atoms with Crippen molar-refractivity contribution in [1.82, 2.24) is 0 Å². The van der Waals surface area contributed by atoms with E-state index in [1.165, 1.54) is 24.3 Å². The maximum absolute atomic E-state index is 12.6. The van der Waals surface area contributed by atoms with Crippen LogP contribution >= 0.6 is 0 Å². The zero-order valence-corrected chi connectivity index (χ0v) is 16.1. The molecule has 0 saturated carbocycles. The van der Waals surface area contributed by atoms with Crippen LogP contribution in [0.1, 0.15) is 24.2 Å². The van der Waals surface area contributed by atoms with Gasteiger partial charge in [0.1, 0.15) is 0 Å². The van der Waals surface area contributed by atoms with Gasteiger partial charge in [-0.15, -0.1) is 0 Å². The molecule has 0 unspecified atom stereocenters. The molecule has 0 radical (unpaired) electrons. The Morgan fingerprint density at radius 2 is 1.48 bits per heavy atom. The monoisotopic (exact) mass is 391 g/mol. The van der Waals surface area contributed by atoms with Crippen molar-refractivity contribution in [3.63, 3.8) is 0 Å². The molecule has 0 aromatic heterocycles. The summed E-state index contributed by atoms with van der Waals surface area (Å²) in [5.74, 6) is -1.59. The Morgan fingerprint density at radius 3 is 1.84 bits per heavy atom. The number of carbonyl (C=O) groups excluding carboxylic acids is 2. The van der Waals surface area contributed by atoms with E-state index in [-0.39, 0.29) is 24.4 Å². The zero-order valence-electron chi connectivity index (χ0n) is 14.4. The van der Waals surface area contributed by atoms with Crippen molar-refractivity contribution < 1.29 is 31.2 Å². The molecule has 140 valence electrons. The Labute approximate surface area is 147 Å². The van der Waals surface area contributed by atoms with Gasteiger partial charge in [-0.05, 0) is 38.1 Å². The van der Waals surface area contributed by atoms with Gasteiger partial charge in [-0.1, -0.05) is 0 Å². The minimum atomic E-state index is -4.17. The normalized spacial score (nSPS) is 12.0. The molecular weight excluding hydrogens is 370 g/mol. The van der Waals surface area contributed by atoms with Gasteiger partial charge < -0.3 is 9.64 Å². The Balaban J connectivity index is 3.25. The van der Waals surface area contributed by atoms with Crippen molar-refractivity contribution in [1.29, 1.82) is 0 Å². The second-order valence-electron chi connectivity index (χ2n) is 5.34. The highest BCUT2D eigenvalue weighted by molar-refractivity contribution is 8.09. The molecule has 0 N–H and O–H groups in total. The average Bonchev–Trinajstić information content (AvgIpc) is 2.45. The van der Waals surface area contributed by atoms with Crippen LogP contribution in [0.3, 0.4) is 0 Å². The summed E-state index contributed by atoms with van der Waals surface area (Å²) in [5, 5.41) is 0. The van der Waals surface area contributed by atoms with Crippen molar-refractivity contribution in [3.05, 3.63) is 29.8 Å². The molecule has 0 aliphatic rings. The smallest absolute Gasteiger partial charge is 0.338 e. The lowest BCUT2D eigenvalue weighted by atomic mass is 10.2. The molecule has 0 atom stereocenters. The molecule has 0 saturated heterocycles. The van der Waals surface area contributed by atoms with E-state index in [1.54, 1.807) is 13.8 Å². The number of carbonyl (C=O) groups is 2. The fourth-order valence-electron chi connectivity index (χ4n) is 2.27. The summed E-state index contributed by atoms with van der Waals surface area (Å²) in [6.45, 7) is 3.52. The summed E-state index contributed by atoms with van der Waals surface area (Å²) in [6, 6.07) is 5.68. The first-order valence-electron chi connectivity index (χ1n) is 7.39. The van der Waals surface area contributed by atoms with Crippen molar-refractivity contribution in [2.24, 2.45) is 0 Å². The minimum Gasteiger partial charge on any atom is -0.462 e. The number of anilines is 1. The number of amides is 1. The fourth-order valence-corrected chi connectivity index (χ4v) is 5.80. The molecule has 0 aliphatic carbocycles. The van der Waals surface area contributed by atoms with Crippen LogP contribution < -0.4 is 4.90 Å². The van der Waals surface area contributed by atoms with Crippen LogP contribution in [0.2, 0.25) is 0 Å². The van der Waals surface area contributed by atoms with Crippen molar-refractivity contribution in [2.75, 3.05) is 30.6 Å². The molecule has 1 rings (SSSR count). The van der Waals surface area contributed by atoms with Crippen LogP contribution in [0.25, 0.3) is 0 Å². The van der Waals surface area contributed by atoms with Gasteiger partial charge in [0.15, 0.2) is 19.7 Å². The van der Waals surface area contributed by atoms with Gasteiger partial charge in [-0.3, -0.25) is 4.79 Å². The minimum absolute atomic E-state index is 0.0547. The lowest BCUT2D eigenvalue weighted by molar-refractivity contribution is -0.116. The van der Waals surface area contributed by atoms with Gasteiger partial charge in [0, 0.05) is 24.7 Å². The lowest BCUT2D eigenvalue weighted by Gasteiger charge is -2.24. The summed E-state index contributed by atoms with van der Waals surface area (Å²) >= 11 is 0. The molecule has 25 heavy (non-hydrogen) atoms. The van der Waals surface area contributed by atoms with Crippen LogP contribution in [-0.2, 0) is 29.2 Å². The predicted octanol–water partition coefficient (Wildman–Crippen LogP) is 0.632. The topological polar surface area (TPSA) is 115 Å². The van der Waals surface area contributed by atoms with E-state index in [0.29, 0.717) is 12.5 Å². The predicted molar refractivity (Wildman–Crippen MR) is 93.9 cm³/mol. The quantitative estimate of drug-likeness (QED) is 0.626. The van der Waals surface area contributed by atoms with E-state index in [0.717, 1.165) is 4.90 Å². The molecule has 10 heteroatoms. The number of rotatable bonds is 7. The molecule has 8 nitrogen and oxygen atoms in total. The molecule has 1 aromatic rings. The average molecular weight is 391 g/mol. The van der Waals surface area contributed by atoms with E-state index < -0.39 is 36.1 Å². The third kappa shape index (κ3) is 5.27. The Bertz CT molecular complexity index is 810. The van der Waals surface area contributed by atoms with E-state index >= 15 is 0 Å². The van der Waals surface area contributed by atoms with Gasteiger partial charge in [-0.2, -0.15) is 0 Å². The molecule has 1 amide bonds. The summed E-state index contributed by atoms with van der Waals surface area (Å²) in [5.41, 5.74) is 0.537. The molecular formula is C15H21NO7S2. The zero-order chi connectivity index (χ0) is 19.4. The van der Waals surface area contributed by atoms with Crippen molar-refractivity contribution >= 4 is 37.2 Å². The largest absolute Gasteiger partial charge is 0.462 e. The Hall–Kier alpha value is -1.94. The molecule has 0 bridgehead atoms. The number of sulfone groups is 2. The Morgan fingerprint density at radius 1 is 1.00 bits per heavy atom. The van der Waals surface area contributed by atoms with Gasteiger partial charge in [-0.25, -0.2) is 21.6 Å². The van der Waals surface area contributed by atoms with Crippen LogP contribution in [-0.4, -0.2) is 59.0 Å². The second-order valence-corrected chi connectivity index (χ2v) is 9.90. The summed E-state index contributed by atoms with van der Waals surface area (Å²) in [6.07, 6.45) is 1.41. The van der Waals surface area contributed by atoms with Crippen LogP contribution in [0.5, 0.6) is 0 Å². The first-order valence-corrected chi connectivity index (χ1v) is 11.3. The van der Waals surface area contributed by atoms with Crippen molar-refractivity contribution in [3.8, 4) is 0 Å². The van der Waals surface area contributed by atoms with Gasteiger partial charge in [0.25, 0.3) is 5.91 Å². The van der Waals surface area contributed by atoms with Crippen molar-refractivity contribution in [2.45, 2.75) is 18.4 Å². The van der Waals surface area contributed by atoms with Gasteiger partial charge >= 0.3 is 5.97 Å². The maximum Gasteiger partial charge on any atom is 0.338 e. The molecule has 0 fully saturated rings. The standard InChI is InChI=1S/C15H21NO7S2/c1-5-16(13(17)15(24(3,19)20)25(4,21)22)12-9-7-11(8-10-12)14(18)23-6-2/h7-10,15H,5-6H2,1-4H3. The third-order valence-electron chi connectivity index (χ3n) is 3.25. The highest BCUT2D eigenvalue weighted by atomic mass is 32.3. The van der Waals surface area contributed by atoms with Gasteiger partial charge in [0.05, 0.1) is 12.2 Å². The van der Waals surface area contributed by atoms with Crippen LogP contribution in [0, 0.1) is 0 Å². The number of hydrogen-bond acceptors (Lipinski definition) is 7. The number of nitrogens with zero attached hydrogens (tertiary/aromatic N) is 1. The van der Waals surface area contributed by atoms with Crippen LogP contribution in [0.4, 0.5) is 5.69 Å². The summed E-state index contributed by atoms with van der Waals surface area (Å²) in [4.78, 5) is 25.2. The molecule has 0 spiro atoms. The number of hydrogen-bond donors (Lipinski definition) is 0. The first-order chi connectivity index (χ1) is 11.4. The maximum atomic E-state index is 12.6. The fraction of sp³-hybridized carbons (Fsp3) is 0.467. The number of esters is 1. The second kappa shape index (κ2) is 7.96. The summed E-state index contributed by atoms with van der Waals surface area (Å²) in [7, 11) is -8.33. The number of ether oxygens (including phenoxy) is 1. The Kier molecular flexibility index (Phi) is 6.72. The highest BCUT2D eigenvalue weighted by Crippen LogP contribution is 2.20. The lowest BCUT2D eigenvalue weighted by Crippen LogP contribution is -2.46. The molecule has 0 heterocycles. The third-order valence-corrected chi connectivity index (χ3v) is 7.31. The van der Waals surface area contributed by atoms with Crippen LogP contribution in [0.15, 0.2) is 24.3 Å². The molecule has 1 aromatic carbocycles. The molecule has 0 aliphatic heterocycles. The van der Waals surface area contributed by atoms with E-state index in [9.17, 15) is 26.4 Å². The summed E-state index contributed by atoms with van der Waals surface area (Å²) < 4.78 is 49.9. The van der Waals surface area contributed by atoms with E-state index in [4.69, 9.17) is 4.74 Å². The van der Waals surface area contributed by atoms with E-state index in [1.807, 2.05) is 0 Å². The SMILES string of the molecule is CCOC(=O)c1ccc(N(CC)C(=O)C(S(C)(=O)=O)S(C)(=O)=O)cc1. The highest BCUT2D eigenvalue weighted by Gasteiger charge is 2.41. The first kappa shape index (κ1) is 21.1. The van der Waals surface area contributed by atoms with Gasteiger partial charge in [0.2, 0.25) is 4.58 Å².